The summed E-state index contributed by atoms with van der Waals surface area (Å²) in [5, 5.41) is 0. The van der Waals surface area contributed by atoms with Gasteiger partial charge in [-0.25, -0.2) is 0 Å². The molecule has 0 aliphatic carbocycles. The maximum Gasteiger partial charge on any atom is 0.171 e. The highest BCUT2D eigenvalue weighted by Gasteiger charge is 2.13. The third-order valence-corrected chi connectivity index (χ3v) is 2.93. The Bertz CT molecular complexity index is 438. The lowest BCUT2D eigenvalue weighted by molar-refractivity contribution is -0.113. The lowest BCUT2D eigenvalue weighted by Gasteiger charge is -2.04. The van der Waals surface area contributed by atoms with Crippen LogP contribution in [0.1, 0.15) is 16.8 Å². The molecule has 0 amide bonds. The van der Waals surface area contributed by atoms with Crippen molar-refractivity contribution in [3.8, 4) is 0 Å². The van der Waals surface area contributed by atoms with Crippen LogP contribution in [0.4, 0.5) is 0 Å². The number of benzene rings is 1. The van der Waals surface area contributed by atoms with Crippen molar-refractivity contribution < 1.29 is 14.3 Å². The zero-order valence-electron chi connectivity index (χ0n) is 9.80. The van der Waals surface area contributed by atoms with Gasteiger partial charge in [0.25, 0.3) is 0 Å². The van der Waals surface area contributed by atoms with E-state index < -0.39 is 0 Å². The van der Waals surface area contributed by atoms with Gasteiger partial charge < -0.3 is 4.74 Å². The number of carbonyl (C=O) groups is 2. The number of ketones is 2. The van der Waals surface area contributed by atoms with Gasteiger partial charge >= 0.3 is 0 Å². The summed E-state index contributed by atoms with van der Waals surface area (Å²) in [6, 6.07) is 7.27. The van der Waals surface area contributed by atoms with Crippen LogP contribution in [0.15, 0.2) is 41.5 Å². The van der Waals surface area contributed by atoms with E-state index in [-0.39, 0.29) is 18.0 Å². The van der Waals surface area contributed by atoms with Gasteiger partial charge in [0.1, 0.15) is 0 Å². The number of thioether (sulfide) groups is 1. The first-order valence-electron chi connectivity index (χ1n) is 5.07. The topological polar surface area (TPSA) is 43.4 Å². The molecule has 0 heterocycles. The van der Waals surface area contributed by atoms with Crippen LogP contribution >= 0.6 is 11.8 Å². The predicted octanol–water partition coefficient (Wildman–Crippen LogP) is 2.71. The number of methoxy groups -OCH3 is 1. The van der Waals surface area contributed by atoms with Gasteiger partial charge in [0, 0.05) is 16.5 Å². The molecular weight excluding hydrogens is 236 g/mol. The molecule has 90 valence electrons. The normalized spacial score (nSPS) is 10.5. The molecule has 0 atom stereocenters. The van der Waals surface area contributed by atoms with Crippen molar-refractivity contribution in [1.29, 1.82) is 0 Å². The minimum atomic E-state index is -0.257. The molecule has 0 unspecified atom stereocenters. The molecule has 0 aliphatic rings. The summed E-state index contributed by atoms with van der Waals surface area (Å²) in [5.41, 5.74) is 0.596. The van der Waals surface area contributed by atoms with Crippen LogP contribution in [0, 0.1) is 0 Å². The molecule has 0 saturated carbocycles. The number of hydrogen-bond acceptors (Lipinski definition) is 4. The second-order valence-corrected chi connectivity index (χ2v) is 4.15. The second-order valence-electron chi connectivity index (χ2n) is 3.31. The molecule has 0 N–H and O–H groups in total. The van der Waals surface area contributed by atoms with Gasteiger partial charge in [-0.2, -0.15) is 0 Å². The number of carbonyl (C=O) groups excluding carboxylic acids is 2. The Labute approximate surface area is 105 Å². The third-order valence-electron chi connectivity index (χ3n) is 2.13. The van der Waals surface area contributed by atoms with Crippen molar-refractivity contribution in [3.05, 3.63) is 42.2 Å². The van der Waals surface area contributed by atoms with Gasteiger partial charge in [-0.05, 0) is 12.3 Å². The molecule has 0 radical (unpaired) electrons. The van der Waals surface area contributed by atoms with Crippen molar-refractivity contribution in [2.75, 3.05) is 13.4 Å². The van der Waals surface area contributed by atoms with E-state index in [2.05, 4.69) is 4.74 Å². The van der Waals surface area contributed by atoms with Crippen LogP contribution in [0.3, 0.4) is 0 Å². The zero-order valence-corrected chi connectivity index (χ0v) is 10.6. The van der Waals surface area contributed by atoms with Gasteiger partial charge in [-0.1, -0.05) is 18.2 Å². The van der Waals surface area contributed by atoms with Crippen LogP contribution in [0.25, 0.3) is 0 Å². The molecule has 4 heteroatoms. The molecular formula is C13H14O3S. The second kappa shape index (κ2) is 6.91. The fourth-order valence-electron chi connectivity index (χ4n) is 1.33. The average Bonchev–Trinajstić information content (AvgIpc) is 2.36. The van der Waals surface area contributed by atoms with Gasteiger partial charge in [-0.3, -0.25) is 9.59 Å². The summed E-state index contributed by atoms with van der Waals surface area (Å²) >= 11 is 1.49. The van der Waals surface area contributed by atoms with Crippen molar-refractivity contribution >= 4 is 23.3 Å². The number of Topliss-reactive ketones (excluding diaryl/α,β-unsaturated/α-hetero) is 1. The van der Waals surface area contributed by atoms with Crippen molar-refractivity contribution in [2.45, 2.75) is 11.3 Å². The molecule has 1 rings (SSSR count). The highest BCUT2D eigenvalue weighted by molar-refractivity contribution is 7.98. The van der Waals surface area contributed by atoms with Gasteiger partial charge in [-0.15, -0.1) is 11.8 Å². The molecule has 0 bridgehead atoms. The standard InChI is InChI=1S/C13H14O3S/c1-16-8-7-10(14)9-12(15)11-5-3-4-6-13(11)17-2/h3-8H,9H2,1-2H3. The van der Waals surface area contributed by atoms with Crippen LogP contribution in [0.2, 0.25) is 0 Å². The highest BCUT2D eigenvalue weighted by atomic mass is 32.2. The quantitative estimate of drug-likeness (QED) is 0.256. The molecule has 0 fully saturated rings. The summed E-state index contributed by atoms with van der Waals surface area (Å²) in [5.74, 6) is -0.423. The molecule has 1 aromatic carbocycles. The van der Waals surface area contributed by atoms with Crippen LogP contribution in [0.5, 0.6) is 0 Å². The minimum Gasteiger partial charge on any atom is -0.504 e. The predicted molar refractivity (Wildman–Crippen MR) is 68.3 cm³/mol. The molecule has 0 aliphatic heterocycles. The zero-order chi connectivity index (χ0) is 12.7. The van der Waals surface area contributed by atoms with Crippen LogP contribution < -0.4 is 0 Å². The number of allylic oxidation sites excluding steroid dienone is 1. The lowest BCUT2D eigenvalue weighted by Crippen LogP contribution is -2.07. The average molecular weight is 250 g/mol. The maximum absolute atomic E-state index is 11.9. The monoisotopic (exact) mass is 250 g/mol. The molecule has 1 aromatic rings. The molecule has 0 spiro atoms. The maximum atomic E-state index is 11.9. The Morgan fingerprint density at radius 2 is 2.06 bits per heavy atom. The van der Waals surface area contributed by atoms with Crippen molar-refractivity contribution in [1.82, 2.24) is 0 Å². The lowest BCUT2D eigenvalue weighted by atomic mass is 10.1. The van der Waals surface area contributed by atoms with E-state index in [0.717, 1.165) is 4.90 Å². The number of hydrogen-bond donors (Lipinski definition) is 0. The van der Waals surface area contributed by atoms with Crippen molar-refractivity contribution in [3.63, 3.8) is 0 Å². The smallest absolute Gasteiger partial charge is 0.171 e. The van der Waals surface area contributed by atoms with Gasteiger partial charge in [0.05, 0.1) is 19.8 Å². The molecule has 0 aromatic heterocycles. The SMILES string of the molecule is COC=CC(=O)CC(=O)c1ccccc1SC. The fraction of sp³-hybridized carbons (Fsp3) is 0.231. The highest BCUT2D eigenvalue weighted by Crippen LogP contribution is 2.21. The summed E-state index contributed by atoms with van der Waals surface area (Å²) in [4.78, 5) is 24.2. The van der Waals surface area contributed by atoms with E-state index in [9.17, 15) is 9.59 Å². The van der Waals surface area contributed by atoms with E-state index in [1.807, 2.05) is 18.4 Å². The Morgan fingerprint density at radius 3 is 2.71 bits per heavy atom. The van der Waals surface area contributed by atoms with Crippen molar-refractivity contribution in [2.24, 2.45) is 0 Å². The van der Waals surface area contributed by atoms with E-state index in [1.54, 1.807) is 12.1 Å². The first-order valence-corrected chi connectivity index (χ1v) is 6.30. The Balaban J connectivity index is 2.76. The summed E-state index contributed by atoms with van der Waals surface area (Å²) in [6.45, 7) is 0. The minimum absolute atomic E-state index is 0.128. The molecule has 0 saturated heterocycles. The Morgan fingerprint density at radius 1 is 1.35 bits per heavy atom. The third kappa shape index (κ3) is 4.07. The summed E-state index contributed by atoms with van der Waals surface area (Å²) in [6.07, 6.45) is 4.31. The van der Waals surface area contributed by atoms with E-state index in [0.29, 0.717) is 5.56 Å². The number of rotatable bonds is 6. The van der Waals surface area contributed by atoms with E-state index in [4.69, 9.17) is 0 Å². The largest absolute Gasteiger partial charge is 0.504 e. The molecule has 17 heavy (non-hydrogen) atoms. The van der Waals surface area contributed by atoms with Gasteiger partial charge in [0.15, 0.2) is 11.6 Å². The van der Waals surface area contributed by atoms with E-state index >= 15 is 0 Å². The first-order chi connectivity index (χ1) is 8.19. The Kier molecular flexibility index (Phi) is 5.49. The number of ether oxygens (including phenoxy) is 1. The summed E-state index contributed by atoms with van der Waals surface area (Å²) in [7, 11) is 1.45. The van der Waals surface area contributed by atoms with Crippen LogP contribution in [-0.4, -0.2) is 24.9 Å². The summed E-state index contributed by atoms with van der Waals surface area (Å²) < 4.78 is 4.63. The molecule has 3 nitrogen and oxygen atoms in total. The van der Waals surface area contributed by atoms with Crippen LogP contribution in [-0.2, 0) is 9.53 Å². The first kappa shape index (κ1) is 13.5. The van der Waals surface area contributed by atoms with Gasteiger partial charge in [0.2, 0.25) is 0 Å². The Hall–Kier alpha value is -1.55. The van der Waals surface area contributed by atoms with E-state index in [1.165, 1.54) is 31.2 Å². The fourth-order valence-corrected chi connectivity index (χ4v) is 1.95.